The molecule has 0 fully saturated rings. The first kappa shape index (κ1) is 27.5. The first-order chi connectivity index (χ1) is 17.3. The number of alkyl halides is 3. The van der Waals surface area contributed by atoms with Crippen molar-refractivity contribution in [3.8, 4) is 17.6 Å². The molecular formula is C25H29F3N4O3S. The summed E-state index contributed by atoms with van der Waals surface area (Å²) in [6.07, 6.45) is -3.64. The van der Waals surface area contributed by atoms with E-state index >= 15 is 0 Å². The van der Waals surface area contributed by atoms with Gasteiger partial charge in [-0.25, -0.2) is 0 Å². The number of nitrogens with one attached hydrogen (secondary N) is 2. The van der Waals surface area contributed by atoms with Gasteiger partial charge in [-0.3, -0.25) is 5.14 Å². The highest BCUT2D eigenvalue weighted by Gasteiger charge is 2.30. The van der Waals surface area contributed by atoms with E-state index in [0.29, 0.717) is 40.9 Å². The molecule has 0 aliphatic heterocycles. The Morgan fingerprint density at radius 3 is 2.50 bits per heavy atom. The maximum atomic E-state index is 13.4. The third-order valence-electron chi connectivity index (χ3n) is 5.49. The van der Waals surface area contributed by atoms with Gasteiger partial charge in [0.2, 0.25) is 0 Å². The molecule has 0 spiro atoms. The number of aliphatic hydroxyl groups is 2. The van der Waals surface area contributed by atoms with E-state index in [1.807, 2.05) is 6.07 Å². The molecule has 0 unspecified atom stereocenters. The van der Waals surface area contributed by atoms with Gasteiger partial charge in [0.1, 0.15) is 12.3 Å². The summed E-state index contributed by atoms with van der Waals surface area (Å²) in [5.74, 6) is 6.34. The lowest BCUT2D eigenvalue weighted by molar-refractivity contribution is -0.140. The average molecular weight is 523 g/mol. The van der Waals surface area contributed by atoms with E-state index in [-0.39, 0.29) is 31.5 Å². The van der Waals surface area contributed by atoms with Crippen LogP contribution in [0.25, 0.3) is 10.9 Å². The number of aliphatic hydroxyl groups excluding tert-OH is 2. The quantitative estimate of drug-likeness (QED) is 0.190. The third-order valence-corrected chi connectivity index (χ3v) is 6.02. The van der Waals surface area contributed by atoms with Gasteiger partial charge in [0.25, 0.3) is 0 Å². The normalized spacial score (nSPS) is 11.4. The molecule has 0 aliphatic carbocycles. The predicted molar refractivity (Wildman–Crippen MR) is 137 cm³/mol. The zero-order valence-electron chi connectivity index (χ0n) is 19.7. The summed E-state index contributed by atoms with van der Waals surface area (Å²) < 4.78 is 46.7. The maximum absolute atomic E-state index is 13.4. The Balaban J connectivity index is 1.91. The van der Waals surface area contributed by atoms with Crippen molar-refractivity contribution in [1.82, 2.24) is 4.57 Å². The number of ether oxygens (including phenoxy) is 1. The lowest BCUT2D eigenvalue weighted by Gasteiger charge is -2.19. The van der Waals surface area contributed by atoms with Gasteiger partial charge in [0.05, 0.1) is 30.6 Å². The maximum Gasteiger partial charge on any atom is 0.406 e. The highest BCUT2D eigenvalue weighted by molar-refractivity contribution is 7.97. The van der Waals surface area contributed by atoms with Gasteiger partial charge in [-0.15, -0.1) is 0 Å². The Kier molecular flexibility index (Phi) is 9.78. The van der Waals surface area contributed by atoms with E-state index < -0.39 is 12.7 Å². The van der Waals surface area contributed by atoms with Crippen LogP contribution in [0.4, 0.5) is 24.5 Å². The Morgan fingerprint density at radius 2 is 1.86 bits per heavy atom. The van der Waals surface area contributed by atoms with Crippen molar-refractivity contribution < 1.29 is 28.1 Å². The molecule has 1 heterocycles. The molecule has 3 aromatic rings. The fraction of sp³-hybridized carbons (Fsp3) is 0.360. The number of halogens is 3. The first-order valence-electron chi connectivity index (χ1n) is 11.2. The van der Waals surface area contributed by atoms with Crippen LogP contribution in [-0.4, -0.2) is 53.9 Å². The zero-order valence-corrected chi connectivity index (χ0v) is 20.5. The fourth-order valence-electron chi connectivity index (χ4n) is 3.85. The van der Waals surface area contributed by atoms with Gasteiger partial charge >= 0.3 is 6.18 Å². The van der Waals surface area contributed by atoms with Crippen molar-refractivity contribution in [2.24, 2.45) is 5.14 Å². The van der Waals surface area contributed by atoms with Crippen LogP contribution >= 0.6 is 11.9 Å². The summed E-state index contributed by atoms with van der Waals surface area (Å²) in [5, 5.41) is 31.1. The summed E-state index contributed by atoms with van der Waals surface area (Å²) in [6, 6.07) is 11.8. The van der Waals surface area contributed by atoms with E-state index in [1.54, 1.807) is 36.4 Å². The van der Waals surface area contributed by atoms with Crippen LogP contribution in [0.2, 0.25) is 0 Å². The second-order valence-corrected chi connectivity index (χ2v) is 8.68. The molecule has 0 amide bonds. The van der Waals surface area contributed by atoms with Gasteiger partial charge in [-0.2, -0.15) is 13.2 Å². The zero-order chi connectivity index (χ0) is 26.1. The SMILES string of the molecule is COc1cc(SN)ccc1NCC#Cc1cc2c(NC(CCO)CCO)cccc2n1CC(F)(F)F. The van der Waals surface area contributed by atoms with Crippen LogP contribution in [0.3, 0.4) is 0 Å². The monoisotopic (exact) mass is 522 g/mol. The summed E-state index contributed by atoms with van der Waals surface area (Å²) in [4.78, 5) is 0.824. The summed E-state index contributed by atoms with van der Waals surface area (Å²) in [7, 11) is 1.53. The standard InChI is InChI=1S/C25H29F3N4O3S/c1-35-24-15-19(36-29)7-8-22(24)30-11-3-4-18-14-20-21(31-17(9-12-33)10-13-34)5-2-6-23(20)32(18)16-25(26,27)28/h2,5-8,14-15,17,30-31,33-34H,9-13,16,29H2,1H3. The number of nitrogens with two attached hydrogens (primary N) is 1. The molecule has 36 heavy (non-hydrogen) atoms. The Hall–Kier alpha value is -3.04. The smallest absolute Gasteiger partial charge is 0.406 e. The van der Waals surface area contributed by atoms with Crippen LogP contribution in [0.15, 0.2) is 47.4 Å². The number of methoxy groups -OCH3 is 1. The number of anilines is 2. The van der Waals surface area contributed by atoms with Crippen LogP contribution in [0.1, 0.15) is 18.5 Å². The average Bonchev–Trinajstić information content (AvgIpc) is 3.19. The molecule has 6 N–H and O–H groups in total. The molecule has 0 saturated carbocycles. The van der Waals surface area contributed by atoms with Gasteiger partial charge in [-0.05, 0) is 67.1 Å². The number of benzene rings is 2. The Morgan fingerprint density at radius 1 is 1.11 bits per heavy atom. The van der Waals surface area contributed by atoms with Crippen molar-refractivity contribution in [2.45, 2.75) is 36.5 Å². The van der Waals surface area contributed by atoms with Gasteiger partial charge in [-0.1, -0.05) is 12.0 Å². The van der Waals surface area contributed by atoms with E-state index in [2.05, 4.69) is 22.5 Å². The Labute approximate surface area is 211 Å². The second kappa shape index (κ2) is 12.8. The highest BCUT2D eigenvalue weighted by atomic mass is 32.2. The van der Waals surface area contributed by atoms with Crippen LogP contribution in [0, 0.1) is 11.8 Å². The van der Waals surface area contributed by atoms with Crippen LogP contribution in [-0.2, 0) is 6.54 Å². The van der Waals surface area contributed by atoms with E-state index in [9.17, 15) is 23.4 Å². The van der Waals surface area contributed by atoms with Crippen molar-refractivity contribution in [2.75, 3.05) is 37.5 Å². The van der Waals surface area contributed by atoms with Crippen molar-refractivity contribution in [1.29, 1.82) is 0 Å². The number of hydrogen-bond donors (Lipinski definition) is 5. The topological polar surface area (TPSA) is 105 Å². The van der Waals surface area contributed by atoms with Crippen LogP contribution < -0.4 is 20.5 Å². The summed E-state index contributed by atoms with van der Waals surface area (Å²) >= 11 is 1.09. The largest absolute Gasteiger partial charge is 0.495 e. The predicted octanol–water partition coefficient (Wildman–Crippen LogP) is 4.19. The number of fused-ring (bicyclic) bond motifs is 1. The molecule has 3 rings (SSSR count). The van der Waals surface area contributed by atoms with Crippen molar-refractivity contribution >= 4 is 34.2 Å². The molecule has 2 aromatic carbocycles. The minimum Gasteiger partial charge on any atom is -0.495 e. The van der Waals surface area contributed by atoms with E-state index in [4.69, 9.17) is 9.88 Å². The van der Waals surface area contributed by atoms with Crippen molar-refractivity contribution in [3.63, 3.8) is 0 Å². The molecule has 0 saturated heterocycles. The van der Waals surface area contributed by atoms with Gasteiger partial charge < -0.3 is 30.2 Å². The molecule has 0 bridgehead atoms. The van der Waals surface area contributed by atoms with Gasteiger partial charge in [0.15, 0.2) is 0 Å². The molecule has 7 nitrogen and oxygen atoms in total. The molecule has 1 aromatic heterocycles. The van der Waals surface area contributed by atoms with Crippen molar-refractivity contribution in [3.05, 3.63) is 48.2 Å². The summed E-state index contributed by atoms with van der Waals surface area (Å²) in [6.45, 7) is -1.16. The lowest BCUT2D eigenvalue weighted by atomic mass is 10.1. The van der Waals surface area contributed by atoms with E-state index in [1.165, 1.54) is 7.11 Å². The number of rotatable bonds is 11. The van der Waals surface area contributed by atoms with Gasteiger partial charge in [0, 0.05) is 35.2 Å². The Bertz CT molecular complexity index is 1210. The van der Waals surface area contributed by atoms with E-state index in [0.717, 1.165) is 21.4 Å². The highest BCUT2D eigenvalue weighted by Crippen LogP contribution is 2.31. The fourth-order valence-corrected chi connectivity index (χ4v) is 4.17. The van der Waals surface area contributed by atoms with Crippen LogP contribution in [0.5, 0.6) is 5.75 Å². The number of aromatic nitrogens is 1. The summed E-state index contributed by atoms with van der Waals surface area (Å²) in [5.41, 5.74) is 1.91. The molecule has 0 aliphatic rings. The second-order valence-electron chi connectivity index (χ2n) is 7.97. The molecule has 0 radical (unpaired) electrons. The number of hydrogen-bond acceptors (Lipinski definition) is 7. The number of nitrogens with zero attached hydrogens (tertiary/aromatic N) is 1. The minimum absolute atomic E-state index is 0.0783. The molecule has 0 atom stereocenters. The molecule has 194 valence electrons. The lowest BCUT2D eigenvalue weighted by Crippen LogP contribution is -2.22. The first-order valence-corrected chi connectivity index (χ1v) is 12.1. The minimum atomic E-state index is -4.43. The third kappa shape index (κ3) is 7.24. The molecular weight excluding hydrogens is 493 g/mol. The molecule has 11 heteroatoms.